The standard InChI is InChI=1S/C34H74N2O.2BrH/c1-7-9-11-13-15-17-19-21-23-25-27-29-35(3,4)31-33-37-34-32-36(5,6)30-28-26-24-22-20-18-16-14-12-10-8-2;;/h7-34H2,1-6H3;2*1H/q+2;;/p-2. The molecule has 0 atom stereocenters. The van der Waals surface area contributed by atoms with Crippen molar-refractivity contribution in [3.63, 3.8) is 0 Å². The highest BCUT2D eigenvalue weighted by Crippen LogP contribution is 2.13. The Morgan fingerprint density at radius 1 is 0.333 bits per heavy atom. The highest BCUT2D eigenvalue weighted by Gasteiger charge is 2.16. The quantitative estimate of drug-likeness (QED) is 0.0827. The van der Waals surface area contributed by atoms with E-state index in [1.165, 1.54) is 154 Å². The molecule has 0 bridgehead atoms. The topological polar surface area (TPSA) is 9.23 Å². The maximum absolute atomic E-state index is 6.09. The molecule has 0 N–H and O–H groups in total. The summed E-state index contributed by atoms with van der Waals surface area (Å²) in [5, 5.41) is 0. The number of rotatable bonds is 30. The van der Waals surface area contributed by atoms with Crippen LogP contribution in [0.4, 0.5) is 0 Å². The molecular weight excluding hydrogens is 612 g/mol. The van der Waals surface area contributed by atoms with Gasteiger partial charge in [0.25, 0.3) is 0 Å². The fourth-order valence-corrected chi connectivity index (χ4v) is 5.36. The molecule has 0 aromatic carbocycles. The van der Waals surface area contributed by atoms with E-state index < -0.39 is 0 Å². The Morgan fingerprint density at radius 3 is 0.821 bits per heavy atom. The monoisotopic (exact) mass is 684 g/mol. The lowest BCUT2D eigenvalue weighted by Gasteiger charge is -2.31. The molecule has 5 heteroatoms. The van der Waals surface area contributed by atoms with Gasteiger partial charge in [-0.3, -0.25) is 0 Å². The third-order valence-electron chi connectivity index (χ3n) is 8.42. The highest BCUT2D eigenvalue weighted by atomic mass is 79.9. The van der Waals surface area contributed by atoms with Gasteiger partial charge in [-0.1, -0.05) is 129 Å². The predicted molar refractivity (Wildman–Crippen MR) is 167 cm³/mol. The summed E-state index contributed by atoms with van der Waals surface area (Å²) in [5.74, 6) is 0. The van der Waals surface area contributed by atoms with E-state index in [-0.39, 0.29) is 34.0 Å². The minimum atomic E-state index is 0. The number of unbranched alkanes of at least 4 members (excludes halogenated alkanes) is 20. The molecule has 0 spiro atoms. The van der Waals surface area contributed by atoms with E-state index >= 15 is 0 Å². The molecule has 0 saturated carbocycles. The first-order valence-electron chi connectivity index (χ1n) is 17.0. The molecule has 0 aromatic rings. The zero-order chi connectivity index (χ0) is 27.5. The Bertz CT molecular complexity index is 420. The molecule has 0 aliphatic rings. The molecule has 0 aliphatic heterocycles. The van der Waals surface area contributed by atoms with Crippen LogP contribution in [0.2, 0.25) is 0 Å². The molecule has 39 heavy (non-hydrogen) atoms. The summed E-state index contributed by atoms with van der Waals surface area (Å²) in [6, 6.07) is 0. The fourth-order valence-electron chi connectivity index (χ4n) is 5.36. The first-order chi connectivity index (χ1) is 17.8. The number of halogens is 2. The summed E-state index contributed by atoms with van der Waals surface area (Å²) >= 11 is 0. The summed E-state index contributed by atoms with van der Waals surface area (Å²) in [6.45, 7) is 11.3. The van der Waals surface area contributed by atoms with Crippen molar-refractivity contribution in [3.05, 3.63) is 0 Å². The van der Waals surface area contributed by atoms with Crippen molar-refractivity contribution in [2.75, 3.05) is 67.6 Å². The van der Waals surface area contributed by atoms with Gasteiger partial charge < -0.3 is 47.7 Å². The van der Waals surface area contributed by atoms with Gasteiger partial charge in [0.2, 0.25) is 0 Å². The molecule has 0 unspecified atom stereocenters. The summed E-state index contributed by atoms with van der Waals surface area (Å²) in [4.78, 5) is 0. The average molecular weight is 687 g/mol. The molecule has 0 fully saturated rings. The first kappa shape index (κ1) is 44.3. The van der Waals surface area contributed by atoms with Crippen molar-refractivity contribution in [1.82, 2.24) is 0 Å². The SMILES string of the molecule is CCCCCCCCCCCCC[N+](C)(C)CCOCC[N+](C)(C)CCCCCCCCCCCCC.[Br-].[Br-]. The van der Waals surface area contributed by atoms with E-state index in [1.807, 2.05) is 0 Å². The van der Waals surface area contributed by atoms with Crippen molar-refractivity contribution in [1.29, 1.82) is 0 Å². The van der Waals surface area contributed by atoms with Gasteiger partial charge in [0, 0.05) is 0 Å². The van der Waals surface area contributed by atoms with E-state index in [4.69, 9.17) is 4.74 Å². The van der Waals surface area contributed by atoms with Crippen LogP contribution in [-0.4, -0.2) is 76.5 Å². The first-order valence-corrected chi connectivity index (χ1v) is 17.0. The van der Waals surface area contributed by atoms with E-state index in [0.29, 0.717) is 0 Å². The maximum atomic E-state index is 6.09. The van der Waals surface area contributed by atoms with Gasteiger partial charge in [-0.2, -0.15) is 0 Å². The number of likely N-dealkylation sites (N-methyl/N-ethyl adjacent to an activating group) is 2. The zero-order valence-electron chi connectivity index (χ0n) is 27.9. The molecular formula is C34H74Br2N2O. The van der Waals surface area contributed by atoms with Crippen LogP contribution in [0.5, 0.6) is 0 Å². The van der Waals surface area contributed by atoms with E-state index in [2.05, 4.69) is 42.0 Å². The van der Waals surface area contributed by atoms with Gasteiger partial charge in [-0.25, -0.2) is 0 Å². The fraction of sp³-hybridized carbons (Fsp3) is 1.00. The molecule has 0 aromatic heterocycles. The highest BCUT2D eigenvalue weighted by molar-refractivity contribution is 4.50. The van der Waals surface area contributed by atoms with Crippen molar-refractivity contribution in [2.45, 2.75) is 155 Å². The van der Waals surface area contributed by atoms with Gasteiger partial charge >= 0.3 is 0 Å². The normalized spacial score (nSPS) is 11.8. The van der Waals surface area contributed by atoms with Gasteiger partial charge in [-0.05, 0) is 25.7 Å². The number of quaternary nitrogens is 2. The van der Waals surface area contributed by atoms with E-state index in [1.54, 1.807) is 0 Å². The Hall–Kier alpha value is 0.840. The van der Waals surface area contributed by atoms with Gasteiger partial charge in [0.15, 0.2) is 0 Å². The van der Waals surface area contributed by atoms with Gasteiger partial charge in [0.1, 0.15) is 13.1 Å². The van der Waals surface area contributed by atoms with Crippen LogP contribution in [0.15, 0.2) is 0 Å². The Morgan fingerprint density at radius 2 is 0.564 bits per heavy atom. The van der Waals surface area contributed by atoms with Gasteiger partial charge in [-0.15, -0.1) is 0 Å². The van der Waals surface area contributed by atoms with Crippen LogP contribution in [0, 0.1) is 0 Å². The van der Waals surface area contributed by atoms with E-state index in [9.17, 15) is 0 Å². The molecule has 0 radical (unpaired) electrons. The molecule has 0 heterocycles. The predicted octanol–water partition coefficient (Wildman–Crippen LogP) is 3.79. The lowest BCUT2D eigenvalue weighted by atomic mass is 10.1. The minimum Gasteiger partial charge on any atom is -1.00 e. The molecule has 0 amide bonds. The van der Waals surface area contributed by atoms with Crippen molar-refractivity contribution < 1.29 is 47.7 Å². The molecule has 3 nitrogen and oxygen atoms in total. The molecule has 0 rings (SSSR count). The number of hydrogen-bond acceptors (Lipinski definition) is 1. The minimum absolute atomic E-state index is 0. The Balaban J connectivity index is -0.00000648. The van der Waals surface area contributed by atoms with Crippen LogP contribution in [0.3, 0.4) is 0 Å². The average Bonchev–Trinajstić information content (AvgIpc) is 2.85. The lowest BCUT2D eigenvalue weighted by molar-refractivity contribution is -0.894. The van der Waals surface area contributed by atoms with Crippen LogP contribution >= 0.6 is 0 Å². The smallest absolute Gasteiger partial charge is 0.102 e. The number of ether oxygens (including phenoxy) is 1. The Kier molecular flexibility index (Phi) is 36.1. The third kappa shape index (κ3) is 34.9. The third-order valence-corrected chi connectivity index (χ3v) is 8.42. The zero-order valence-corrected chi connectivity index (χ0v) is 31.0. The largest absolute Gasteiger partial charge is 1.00 e. The number of hydrogen-bond donors (Lipinski definition) is 0. The second-order valence-corrected chi connectivity index (χ2v) is 13.4. The van der Waals surface area contributed by atoms with E-state index in [0.717, 1.165) is 35.3 Å². The summed E-state index contributed by atoms with van der Waals surface area (Å²) in [5.41, 5.74) is 0. The maximum Gasteiger partial charge on any atom is 0.102 e. The van der Waals surface area contributed by atoms with Crippen molar-refractivity contribution in [3.8, 4) is 0 Å². The summed E-state index contributed by atoms with van der Waals surface area (Å²) < 4.78 is 8.30. The van der Waals surface area contributed by atoms with Crippen LogP contribution < -0.4 is 34.0 Å². The molecule has 0 aliphatic carbocycles. The van der Waals surface area contributed by atoms with Crippen LogP contribution in [0.1, 0.15) is 155 Å². The summed E-state index contributed by atoms with van der Waals surface area (Å²) in [6.07, 6.45) is 31.4. The second kappa shape index (κ2) is 31.8. The van der Waals surface area contributed by atoms with Crippen LogP contribution in [-0.2, 0) is 4.74 Å². The van der Waals surface area contributed by atoms with Crippen molar-refractivity contribution in [2.24, 2.45) is 0 Å². The Labute approximate surface area is 269 Å². The van der Waals surface area contributed by atoms with Crippen LogP contribution in [0.25, 0.3) is 0 Å². The second-order valence-electron chi connectivity index (χ2n) is 13.4. The summed E-state index contributed by atoms with van der Waals surface area (Å²) in [7, 11) is 9.52. The van der Waals surface area contributed by atoms with Crippen molar-refractivity contribution >= 4 is 0 Å². The lowest BCUT2D eigenvalue weighted by Crippen LogP contribution is -3.00. The molecule has 240 valence electrons. The van der Waals surface area contributed by atoms with Gasteiger partial charge in [0.05, 0.1) is 54.5 Å². The molecule has 0 saturated heterocycles. The number of nitrogens with zero attached hydrogens (tertiary/aromatic N) is 2.